The molecule has 0 radical (unpaired) electrons. The van der Waals surface area contributed by atoms with Gasteiger partial charge >= 0.3 is 0 Å². The fourth-order valence-electron chi connectivity index (χ4n) is 2.51. The van der Waals surface area contributed by atoms with Crippen molar-refractivity contribution >= 4 is 15.5 Å². The van der Waals surface area contributed by atoms with Gasteiger partial charge in [-0.3, -0.25) is 0 Å². The van der Waals surface area contributed by atoms with Crippen molar-refractivity contribution in [1.29, 1.82) is 0 Å². The average Bonchev–Trinajstić information content (AvgIpc) is 2.71. The van der Waals surface area contributed by atoms with Crippen LogP contribution in [0.4, 0.5) is 0 Å². The Kier molecular flexibility index (Phi) is 2.66. The van der Waals surface area contributed by atoms with Crippen LogP contribution in [0.1, 0.15) is 30.0 Å². The van der Waals surface area contributed by atoms with Gasteiger partial charge in [0.25, 0.3) is 0 Å². The van der Waals surface area contributed by atoms with Crippen molar-refractivity contribution < 1.29 is 8.42 Å². The third-order valence-corrected chi connectivity index (χ3v) is 5.31. The van der Waals surface area contributed by atoms with E-state index in [0.29, 0.717) is 24.3 Å². The summed E-state index contributed by atoms with van der Waals surface area (Å²) in [6, 6.07) is 4.04. The van der Waals surface area contributed by atoms with E-state index in [4.69, 9.17) is 0 Å². The number of aromatic nitrogens is 2. The standard InChI is InChI=1S/C13H16N2O2S/c1-10-2-3-13-14-12(9-15(13)8-10)11-4-6-18(16,17)7-5-11/h2-3,8-9,11H,4-7H2,1H3. The van der Waals surface area contributed by atoms with Crippen molar-refractivity contribution in [1.82, 2.24) is 9.38 Å². The van der Waals surface area contributed by atoms with Crippen LogP contribution in [0.5, 0.6) is 0 Å². The minimum Gasteiger partial charge on any atom is -0.307 e. The molecule has 0 N–H and O–H groups in total. The lowest BCUT2D eigenvalue weighted by Gasteiger charge is -2.19. The zero-order valence-electron chi connectivity index (χ0n) is 10.3. The number of sulfone groups is 1. The lowest BCUT2D eigenvalue weighted by molar-refractivity contribution is 0.546. The van der Waals surface area contributed by atoms with Crippen LogP contribution in [-0.2, 0) is 9.84 Å². The molecule has 0 aliphatic carbocycles. The van der Waals surface area contributed by atoms with Crippen molar-refractivity contribution in [3.8, 4) is 0 Å². The summed E-state index contributed by atoms with van der Waals surface area (Å²) in [5.41, 5.74) is 3.15. The summed E-state index contributed by atoms with van der Waals surface area (Å²) >= 11 is 0. The molecule has 3 heterocycles. The molecule has 18 heavy (non-hydrogen) atoms. The van der Waals surface area contributed by atoms with Crippen LogP contribution in [-0.4, -0.2) is 29.3 Å². The molecule has 0 spiro atoms. The fourth-order valence-corrected chi connectivity index (χ4v) is 4.00. The van der Waals surface area contributed by atoms with Gasteiger partial charge in [0.15, 0.2) is 0 Å². The van der Waals surface area contributed by atoms with E-state index < -0.39 is 9.84 Å². The van der Waals surface area contributed by atoms with E-state index in [1.165, 1.54) is 5.56 Å². The molecule has 0 amide bonds. The Hall–Kier alpha value is -1.36. The van der Waals surface area contributed by atoms with E-state index in [2.05, 4.69) is 4.98 Å². The highest BCUT2D eigenvalue weighted by Gasteiger charge is 2.26. The maximum Gasteiger partial charge on any atom is 0.150 e. The number of aryl methyl sites for hydroxylation is 1. The van der Waals surface area contributed by atoms with Crippen LogP contribution in [0.15, 0.2) is 24.5 Å². The Morgan fingerprint density at radius 1 is 1.22 bits per heavy atom. The number of nitrogens with zero attached hydrogens (tertiary/aromatic N) is 2. The quantitative estimate of drug-likeness (QED) is 0.791. The molecule has 3 rings (SSSR count). The van der Waals surface area contributed by atoms with Crippen LogP contribution < -0.4 is 0 Å². The van der Waals surface area contributed by atoms with Gasteiger partial charge in [-0.1, -0.05) is 6.07 Å². The van der Waals surface area contributed by atoms with E-state index in [9.17, 15) is 8.42 Å². The monoisotopic (exact) mass is 264 g/mol. The SMILES string of the molecule is Cc1ccc2nc(C3CCS(=O)(=O)CC3)cn2c1. The topological polar surface area (TPSA) is 51.4 Å². The maximum atomic E-state index is 11.4. The molecule has 4 nitrogen and oxygen atoms in total. The first-order valence-corrected chi connectivity index (χ1v) is 8.01. The van der Waals surface area contributed by atoms with Crippen molar-refractivity contribution in [2.45, 2.75) is 25.7 Å². The molecule has 0 unspecified atom stereocenters. The van der Waals surface area contributed by atoms with Gasteiger partial charge in [-0.2, -0.15) is 0 Å². The molecule has 0 aromatic carbocycles. The van der Waals surface area contributed by atoms with Crippen molar-refractivity contribution in [2.75, 3.05) is 11.5 Å². The lowest BCUT2D eigenvalue weighted by atomic mass is 10.00. The van der Waals surface area contributed by atoms with Crippen LogP contribution in [0, 0.1) is 6.92 Å². The summed E-state index contributed by atoms with van der Waals surface area (Å²) in [5, 5.41) is 0. The third kappa shape index (κ3) is 2.14. The molecule has 0 atom stereocenters. The van der Waals surface area contributed by atoms with E-state index in [1.807, 2.05) is 35.9 Å². The molecule has 0 saturated carbocycles. The van der Waals surface area contributed by atoms with Gasteiger partial charge in [0.2, 0.25) is 0 Å². The lowest BCUT2D eigenvalue weighted by Crippen LogP contribution is -2.22. The van der Waals surface area contributed by atoms with Gasteiger partial charge in [0, 0.05) is 18.3 Å². The number of fused-ring (bicyclic) bond motifs is 1. The summed E-state index contributed by atoms with van der Waals surface area (Å²) in [6.45, 7) is 2.05. The normalized spacial score (nSPS) is 20.3. The van der Waals surface area contributed by atoms with Crippen molar-refractivity contribution in [2.24, 2.45) is 0 Å². The summed E-state index contributed by atoms with van der Waals surface area (Å²) in [7, 11) is -2.80. The second kappa shape index (κ2) is 4.09. The Bertz CT molecular complexity index is 674. The van der Waals surface area contributed by atoms with Crippen LogP contribution in [0.3, 0.4) is 0 Å². The minimum atomic E-state index is -2.80. The molecule has 0 bridgehead atoms. The zero-order valence-corrected chi connectivity index (χ0v) is 11.2. The number of imidazole rings is 1. The number of pyridine rings is 1. The largest absolute Gasteiger partial charge is 0.307 e. The third-order valence-electron chi connectivity index (χ3n) is 3.59. The van der Waals surface area contributed by atoms with E-state index in [0.717, 1.165) is 11.3 Å². The summed E-state index contributed by atoms with van der Waals surface area (Å²) < 4.78 is 24.9. The Morgan fingerprint density at radius 2 is 1.94 bits per heavy atom. The number of hydrogen-bond donors (Lipinski definition) is 0. The zero-order chi connectivity index (χ0) is 12.8. The van der Waals surface area contributed by atoms with Gasteiger partial charge in [-0.05, 0) is 31.4 Å². The summed E-state index contributed by atoms with van der Waals surface area (Å²) in [5.74, 6) is 0.878. The molecule has 96 valence electrons. The van der Waals surface area contributed by atoms with E-state index in [-0.39, 0.29) is 5.92 Å². The van der Waals surface area contributed by atoms with E-state index in [1.54, 1.807) is 0 Å². The Balaban J connectivity index is 1.91. The maximum absolute atomic E-state index is 11.4. The first-order chi connectivity index (χ1) is 8.53. The van der Waals surface area contributed by atoms with Gasteiger partial charge in [0.1, 0.15) is 15.5 Å². The van der Waals surface area contributed by atoms with Crippen molar-refractivity contribution in [3.63, 3.8) is 0 Å². The molecule has 2 aromatic heterocycles. The molecule has 1 saturated heterocycles. The second-order valence-electron chi connectivity index (χ2n) is 5.06. The molecule has 5 heteroatoms. The molecule has 1 fully saturated rings. The predicted octanol–water partition coefficient (Wildman–Crippen LogP) is 1.93. The summed E-state index contributed by atoms with van der Waals surface area (Å²) in [4.78, 5) is 4.59. The van der Waals surface area contributed by atoms with Crippen molar-refractivity contribution in [3.05, 3.63) is 35.8 Å². The van der Waals surface area contributed by atoms with Gasteiger partial charge in [0.05, 0.1) is 17.2 Å². The molecule has 2 aromatic rings. The van der Waals surface area contributed by atoms with Crippen LogP contribution in [0.2, 0.25) is 0 Å². The van der Waals surface area contributed by atoms with Gasteiger partial charge in [-0.15, -0.1) is 0 Å². The minimum absolute atomic E-state index is 0.286. The Morgan fingerprint density at radius 3 is 2.67 bits per heavy atom. The highest BCUT2D eigenvalue weighted by atomic mass is 32.2. The number of hydrogen-bond acceptors (Lipinski definition) is 3. The smallest absolute Gasteiger partial charge is 0.150 e. The highest BCUT2D eigenvalue weighted by Crippen LogP contribution is 2.28. The Labute approximate surface area is 107 Å². The first kappa shape index (κ1) is 11.7. The summed E-state index contributed by atoms with van der Waals surface area (Å²) in [6.07, 6.45) is 5.48. The van der Waals surface area contributed by atoms with Gasteiger partial charge in [-0.25, -0.2) is 13.4 Å². The van der Waals surface area contributed by atoms with Crippen LogP contribution in [0.25, 0.3) is 5.65 Å². The fraction of sp³-hybridized carbons (Fsp3) is 0.462. The predicted molar refractivity (Wildman–Crippen MR) is 70.6 cm³/mol. The first-order valence-electron chi connectivity index (χ1n) is 6.19. The highest BCUT2D eigenvalue weighted by molar-refractivity contribution is 7.91. The molecular weight excluding hydrogens is 248 g/mol. The second-order valence-corrected chi connectivity index (χ2v) is 7.37. The van der Waals surface area contributed by atoms with Gasteiger partial charge < -0.3 is 4.40 Å². The number of rotatable bonds is 1. The van der Waals surface area contributed by atoms with Crippen LogP contribution >= 0.6 is 0 Å². The average molecular weight is 264 g/mol. The molecule has 1 aliphatic heterocycles. The molecule has 1 aliphatic rings. The van der Waals surface area contributed by atoms with E-state index >= 15 is 0 Å². The molecular formula is C13H16N2O2S.